The van der Waals surface area contributed by atoms with Gasteiger partial charge in [0.25, 0.3) is 0 Å². The zero-order valence-corrected chi connectivity index (χ0v) is 6.76. The van der Waals surface area contributed by atoms with Gasteiger partial charge in [0.05, 0.1) is 5.60 Å². The van der Waals surface area contributed by atoms with E-state index in [4.69, 9.17) is 25.5 Å². The van der Waals surface area contributed by atoms with Crippen LogP contribution in [0.2, 0.25) is 0 Å². The van der Waals surface area contributed by atoms with E-state index in [-0.39, 0.29) is 0 Å². The highest BCUT2D eigenvalue weighted by molar-refractivity contribution is 5.26. The van der Waals surface area contributed by atoms with E-state index >= 15 is 0 Å². The Kier molecular flexibility index (Phi) is 17.1. The summed E-state index contributed by atoms with van der Waals surface area (Å²) in [5.74, 6) is 0. The van der Waals surface area contributed by atoms with Crippen molar-refractivity contribution in [2.24, 2.45) is 0 Å². The van der Waals surface area contributed by atoms with E-state index in [0.717, 1.165) is 12.2 Å². The fraction of sp³-hybridized carbons (Fsp3) is 0.667. The summed E-state index contributed by atoms with van der Waals surface area (Å²) in [6, 6.07) is 0. The van der Waals surface area contributed by atoms with Crippen LogP contribution in [0.25, 0.3) is 0 Å². The Balaban J connectivity index is -0.0000000933. The van der Waals surface area contributed by atoms with E-state index in [0.29, 0.717) is 0 Å². The van der Waals surface area contributed by atoms with Crippen LogP contribution in [0.4, 0.5) is 0 Å². The minimum atomic E-state index is -0.500. The molecule has 0 aromatic heterocycles. The topological polar surface area (TPSA) is 102 Å². The average molecular weight is 160 g/mol. The predicted octanol–water partition coefficient (Wildman–Crippen LogP) is 0.579. The Morgan fingerprint density at radius 2 is 1.09 bits per heavy atom. The van der Waals surface area contributed by atoms with Crippen LogP contribution in [0.1, 0.15) is 20.8 Å². The van der Waals surface area contributed by atoms with E-state index in [1.54, 1.807) is 20.8 Å². The molecule has 0 heterocycles. The van der Waals surface area contributed by atoms with Crippen molar-refractivity contribution in [1.29, 1.82) is 10.8 Å². The Hall–Kier alpha value is -1.28. The molecule has 0 rings (SSSR count). The van der Waals surface area contributed by atoms with Gasteiger partial charge in [-0.2, -0.15) is 0 Å². The van der Waals surface area contributed by atoms with Crippen LogP contribution < -0.4 is 0 Å². The van der Waals surface area contributed by atoms with Crippen molar-refractivity contribution in [3.05, 3.63) is 0 Å². The molecule has 0 amide bonds. The van der Waals surface area contributed by atoms with E-state index in [9.17, 15) is 0 Å². The largest absolute Gasteiger partial charge is 0.391 e. The lowest BCUT2D eigenvalue weighted by Gasteiger charge is -2.04. The first kappa shape index (κ1) is 16.4. The fourth-order valence-electron chi connectivity index (χ4n) is 0. The monoisotopic (exact) mass is 160 g/mol. The number of nitrogens with one attached hydrogen (secondary N) is 2. The van der Waals surface area contributed by atoms with Crippen molar-refractivity contribution >= 4 is 12.2 Å². The van der Waals surface area contributed by atoms with Crippen LogP contribution in [0.15, 0.2) is 0 Å². The second-order valence-corrected chi connectivity index (χ2v) is 2.37. The maximum Gasteiger partial charge on any atom is 0.231 e. The summed E-state index contributed by atoms with van der Waals surface area (Å²) in [7, 11) is 0. The quantitative estimate of drug-likeness (QED) is 0.356. The highest BCUT2D eigenvalue weighted by atomic mass is 16.3. The molecule has 0 saturated carbocycles. The molecule has 3 N–H and O–H groups in total. The van der Waals surface area contributed by atoms with Crippen LogP contribution in [-0.4, -0.2) is 22.9 Å². The van der Waals surface area contributed by atoms with Gasteiger partial charge in [0, 0.05) is 0 Å². The summed E-state index contributed by atoms with van der Waals surface area (Å²) < 4.78 is 0. The summed E-state index contributed by atoms with van der Waals surface area (Å²) >= 11 is 0. The number of carbonyl (C=O) groups excluding carboxylic acids is 2. The first-order valence-electron chi connectivity index (χ1n) is 2.63. The van der Waals surface area contributed by atoms with Gasteiger partial charge in [0.1, 0.15) is 0 Å². The van der Waals surface area contributed by atoms with Gasteiger partial charge in [-0.25, -0.2) is 20.4 Å². The molecule has 0 aliphatic carbocycles. The summed E-state index contributed by atoms with van der Waals surface area (Å²) in [6.45, 7) is 5.23. The third-order valence-electron chi connectivity index (χ3n) is 0. The Bertz CT molecular complexity index is 118. The molecule has 0 aliphatic rings. The minimum Gasteiger partial charge on any atom is -0.391 e. The summed E-state index contributed by atoms with van der Waals surface area (Å²) in [5, 5.41) is 19.3. The number of aliphatic hydroxyl groups is 1. The Labute approximate surface area is 65.1 Å². The number of hydrogen-bond donors (Lipinski definition) is 3. The average Bonchev–Trinajstić information content (AvgIpc) is 1.62. The molecule has 11 heavy (non-hydrogen) atoms. The molecule has 64 valence electrons. The smallest absolute Gasteiger partial charge is 0.231 e. The van der Waals surface area contributed by atoms with Crippen molar-refractivity contribution < 1.29 is 14.7 Å². The third kappa shape index (κ3) is 240. The minimum absolute atomic E-state index is 0.500. The standard InChI is InChI=1S/C4H10O.2CHNO/c1-4(2,3)5;2*2-1-3/h5H,1-3H3;2*2H. The molecule has 5 nitrogen and oxygen atoms in total. The molecule has 0 saturated heterocycles. The summed E-state index contributed by atoms with van der Waals surface area (Å²) in [6.07, 6.45) is 1.50. The lowest BCUT2D eigenvalue weighted by Crippen LogP contribution is -2.10. The van der Waals surface area contributed by atoms with E-state index in [1.807, 2.05) is 0 Å². The highest BCUT2D eigenvalue weighted by Gasteiger charge is 1.97. The lowest BCUT2D eigenvalue weighted by atomic mass is 10.2. The van der Waals surface area contributed by atoms with E-state index < -0.39 is 5.60 Å². The van der Waals surface area contributed by atoms with Gasteiger partial charge >= 0.3 is 0 Å². The second kappa shape index (κ2) is 11.5. The second-order valence-electron chi connectivity index (χ2n) is 2.37. The van der Waals surface area contributed by atoms with Crippen molar-refractivity contribution in [3.63, 3.8) is 0 Å². The molecular weight excluding hydrogens is 148 g/mol. The molecular formula is C6H12N2O3. The molecule has 0 unspecified atom stereocenters. The fourth-order valence-corrected chi connectivity index (χ4v) is 0. The Morgan fingerprint density at radius 1 is 1.09 bits per heavy atom. The first-order valence-corrected chi connectivity index (χ1v) is 2.63. The normalized spacial score (nSPS) is 6.91. The van der Waals surface area contributed by atoms with Gasteiger partial charge < -0.3 is 5.11 Å². The third-order valence-corrected chi connectivity index (χ3v) is 0. The van der Waals surface area contributed by atoms with Gasteiger partial charge in [-0.3, -0.25) is 0 Å². The lowest BCUT2D eigenvalue weighted by molar-refractivity contribution is 0.102. The molecule has 0 spiro atoms. The van der Waals surface area contributed by atoms with Gasteiger partial charge in [-0.1, -0.05) is 0 Å². The molecule has 0 aliphatic heterocycles. The van der Waals surface area contributed by atoms with Gasteiger partial charge in [0.15, 0.2) is 0 Å². The van der Waals surface area contributed by atoms with Crippen LogP contribution in [0, 0.1) is 10.8 Å². The molecule has 0 radical (unpaired) electrons. The van der Waals surface area contributed by atoms with Crippen LogP contribution in [0.5, 0.6) is 0 Å². The molecule has 0 bridgehead atoms. The Morgan fingerprint density at radius 3 is 1.09 bits per heavy atom. The zero-order chi connectivity index (χ0) is 9.91. The number of rotatable bonds is 0. The maximum atomic E-state index is 8.52. The van der Waals surface area contributed by atoms with Crippen molar-refractivity contribution in [2.45, 2.75) is 26.4 Å². The maximum absolute atomic E-state index is 8.52. The van der Waals surface area contributed by atoms with Crippen molar-refractivity contribution in [1.82, 2.24) is 0 Å². The molecule has 0 atom stereocenters. The van der Waals surface area contributed by atoms with E-state index in [1.165, 1.54) is 0 Å². The van der Waals surface area contributed by atoms with Crippen molar-refractivity contribution in [2.75, 3.05) is 0 Å². The number of hydrogen-bond acceptors (Lipinski definition) is 5. The highest BCUT2D eigenvalue weighted by Crippen LogP contribution is 1.93. The van der Waals surface area contributed by atoms with Crippen LogP contribution in [-0.2, 0) is 9.59 Å². The van der Waals surface area contributed by atoms with Crippen LogP contribution in [0.3, 0.4) is 0 Å². The molecule has 5 heteroatoms. The summed E-state index contributed by atoms with van der Waals surface area (Å²) in [4.78, 5) is 16.7. The van der Waals surface area contributed by atoms with Gasteiger partial charge in [-0.05, 0) is 20.8 Å². The molecule has 0 fully saturated rings. The molecule has 0 aromatic rings. The molecule has 0 aromatic carbocycles. The van der Waals surface area contributed by atoms with Crippen molar-refractivity contribution in [3.8, 4) is 0 Å². The zero-order valence-electron chi connectivity index (χ0n) is 6.76. The summed E-state index contributed by atoms with van der Waals surface area (Å²) in [5.41, 5.74) is -0.500. The van der Waals surface area contributed by atoms with E-state index in [2.05, 4.69) is 0 Å². The predicted molar refractivity (Wildman–Crippen MR) is 38.8 cm³/mol. The van der Waals surface area contributed by atoms with Gasteiger partial charge in [-0.15, -0.1) is 0 Å². The van der Waals surface area contributed by atoms with Crippen LogP contribution >= 0.6 is 0 Å². The first-order chi connectivity index (χ1) is 4.83. The van der Waals surface area contributed by atoms with Gasteiger partial charge in [0.2, 0.25) is 12.2 Å². The number of isocyanates is 2. The SMILES string of the molecule is CC(C)(C)O.N=C=O.N=C=O.